The minimum Gasteiger partial charge on any atom is -0.387 e. The molecule has 25 heavy (non-hydrogen) atoms. The predicted molar refractivity (Wildman–Crippen MR) is 95.8 cm³/mol. The number of aliphatic hydroxyl groups excluding tert-OH is 1. The number of β-amino-alcohol motifs (C(OH)–C–C–N with tert-alkyl or cyclic N) is 1. The van der Waals surface area contributed by atoms with Crippen molar-refractivity contribution in [3.8, 4) is 0 Å². The molecule has 1 aromatic carbocycles. The lowest BCUT2D eigenvalue weighted by molar-refractivity contribution is -0.137. The highest BCUT2D eigenvalue weighted by molar-refractivity contribution is 5.78. The normalized spacial score (nSPS) is 18.1. The molecule has 0 aliphatic carbocycles. The van der Waals surface area contributed by atoms with Crippen molar-refractivity contribution in [3.63, 3.8) is 0 Å². The summed E-state index contributed by atoms with van der Waals surface area (Å²) in [4.78, 5) is 16.7. The lowest BCUT2D eigenvalue weighted by Crippen LogP contribution is -2.51. The number of carbonyl (C=O) groups excluding carboxylic acids is 1. The minimum absolute atomic E-state index is 0.0821. The Balaban J connectivity index is 1.45. The quantitative estimate of drug-likeness (QED) is 0.862. The fraction of sp³-hybridized carbons (Fsp3) is 0.474. The molecule has 1 amide bonds. The van der Waals surface area contributed by atoms with Crippen LogP contribution in [0.3, 0.4) is 0 Å². The number of benzene rings is 1. The lowest BCUT2D eigenvalue weighted by atomic mass is 10.1. The molecule has 0 unspecified atom stereocenters. The first-order valence-corrected chi connectivity index (χ1v) is 8.85. The number of nitrogens with zero attached hydrogens (tertiary/aromatic N) is 4. The van der Waals surface area contributed by atoms with Gasteiger partial charge in [-0.3, -0.25) is 14.4 Å². The van der Waals surface area contributed by atoms with Gasteiger partial charge < -0.3 is 10.0 Å². The zero-order chi connectivity index (χ0) is 17.6. The average Bonchev–Trinajstić information content (AvgIpc) is 3.15. The van der Waals surface area contributed by atoms with Crippen LogP contribution in [-0.4, -0.2) is 63.3 Å². The second-order valence-electron chi connectivity index (χ2n) is 6.68. The van der Waals surface area contributed by atoms with E-state index < -0.39 is 6.10 Å². The molecule has 1 fully saturated rings. The zero-order valence-corrected chi connectivity index (χ0v) is 14.7. The first-order chi connectivity index (χ1) is 12.1. The predicted octanol–water partition coefficient (Wildman–Crippen LogP) is 1.40. The number of carbonyl (C=O) groups is 1. The largest absolute Gasteiger partial charge is 0.387 e. The van der Waals surface area contributed by atoms with E-state index in [0.29, 0.717) is 26.2 Å². The number of aromatic nitrogens is 2. The van der Waals surface area contributed by atoms with Gasteiger partial charge in [0.15, 0.2) is 0 Å². The summed E-state index contributed by atoms with van der Waals surface area (Å²) < 4.78 is 1.80. The molecular weight excluding hydrogens is 316 g/mol. The number of hydrogen-bond acceptors (Lipinski definition) is 4. The summed E-state index contributed by atoms with van der Waals surface area (Å²) >= 11 is 0. The zero-order valence-electron chi connectivity index (χ0n) is 14.7. The van der Waals surface area contributed by atoms with E-state index in [4.69, 9.17) is 0 Å². The maximum atomic E-state index is 12.6. The van der Waals surface area contributed by atoms with Crippen LogP contribution in [0.5, 0.6) is 0 Å². The molecule has 0 radical (unpaired) electrons. The van der Waals surface area contributed by atoms with Gasteiger partial charge in [0.25, 0.3) is 0 Å². The van der Waals surface area contributed by atoms with Gasteiger partial charge in [0.1, 0.15) is 0 Å². The van der Waals surface area contributed by atoms with Crippen LogP contribution in [-0.2, 0) is 11.3 Å². The Labute approximate surface area is 148 Å². The van der Waals surface area contributed by atoms with Crippen molar-refractivity contribution >= 4 is 5.91 Å². The molecule has 6 heteroatoms. The third-order valence-electron chi connectivity index (χ3n) is 4.74. The molecule has 1 aliphatic rings. The van der Waals surface area contributed by atoms with Crippen LogP contribution in [0.2, 0.25) is 0 Å². The van der Waals surface area contributed by atoms with Gasteiger partial charge in [0.2, 0.25) is 5.91 Å². The van der Waals surface area contributed by atoms with Crippen molar-refractivity contribution in [2.75, 3.05) is 32.7 Å². The van der Waals surface area contributed by atoms with E-state index in [1.807, 2.05) is 54.4 Å². The molecule has 2 atom stereocenters. The van der Waals surface area contributed by atoms with E-state index in [9.17, 15) is 9.90 Å². The number of piperazine rings is 1. The molecule has 2 aromatic rings. The van der Waals surface area contributed by atoms with E-state index in [1.165, 1.54) is 0 Å². The van der Waals surface area contributed by atoms with Crippen molar-refractivity contribution in [2.45, 2.75) is 19.6 Å². The highest BCUT2D eigenvalue weighted by Gasteiger charge is 2.26. The average molecular weight is 342 g/mol. The Morgan fingerprint density at radius 2 is 1.84 bits per heavy atom. The van der Waals surface area contributed by atoms with Crippen molar-refractivity contribution < 1.29 is 9.90 Å². The van der Waals surface area contributed by atoms with E-state index in [1.54, 1.807) is 10.9 Å². The fourth-order valence-electron chi connectivity index (χ4n) is 3.25. The van der Waals surface area contributed by atoms with Crippen molar-refractivity contribution in [2.24, 2.45) is 5.92 Å². The second-order valence-corrected chi connectivity index (χ2v) is 6.68. The molecule has 1 N–H and O–H groups in total. The summed E-state index contributed by atoms with van der Waals surface area (Å²) in [5, 5.41) is 14.5. The number of hydrogen-bond donors (Lipinski definition) is 1. The Bertz CT molecular complexity index is 651. The third kappa shape index (κ3) is 4.67. The van der Waals surface area contributed by atoms with E-state index in [-0.39, 0.29) is 11.8 Å². The van der Waals surface area contributed by atoms with Gasteiger partial charge in [-0.05, 0) is 11.6 Å². The van der Waals surface area contributed by atoms with Crippen molar-refractivity contribution in [1.82, 2.24) is 19.6 Å². The molecular formula is C19H26N4O2. The summed E-state index contributed by atoms with van der Waals surface area (Å²) in [7, 11) is 0. The maximum absolute atomic E-state index is 12.6. The van der Waals surface area contributed by atoms with Crippen LogP contribution in [0.1, 0.15) is 18.6 Å². The molecule has 1 aliphatic heterocycles. The fourth-order valence-corrected chi connectivity index (χ4v) is 3.25. The molecule has 0 saturated carbocycles. The molecule has 1 saturated heterocycles. The summed E-state index contributed by atoms with van der Waals surface area (Å²) in [5.74, 6) is 0.0973. The van der Waals surface area contributed by atoms with Crippen LogP contribution in [0.15, 0.2) is 48.8 Å². The first-order valence-electron chi connectivity index (χ1n) is 8.85. The van der Waals surface area contributed by atoms with Gasteiger partial charge >= 0.3 is 0 Å². The van der Waals surface area contributed by atoms with Crippen LogP contribution in [0.25, 0.3) is 0 Å². The van der Waals surface area contributed by atoms with Crippen molar-refractivity contribution in [3.05, 3.63) is 54.4 Å². The SMILES string of the molecule is C[C@H](Cn1cccn1)C(=O)N1CCN(C[C@H](O)c2ccccc2)CC1. The Hall–Kier alpha value is -2.18. The Morgan fingerprint density at radius 3 is 2.48 bits per heavy atom. The maximum Gasteiger partial charge on any atom is 0.227 e. The minimum atomic E-state index is -0.484. The van der Waals surface area contributed by atoms with Gasteiger partial charge in [0.05, 0.1) is 18.6 Å². The molecule has 6 nitrogen and oxygen atoms in total. The third-order valence-corrected chi connectivity index (χ3v) is 4.74. The molecule has 0 spiro atoms. The Kier molecular flexibility index (Phi) is 5.83. The van der Waals surface area contributed by atoms with Crippen LogP contribution in [0, 0.1) is 5.92 Å². The summed E-state index contributed by atoms with van der Waals surface area (Å²) in [6.45, 7) is 6.19. The van der Waals surface area contributed by atoms with E-state index in [0.717, 1.165) is 18.7 Å². The van der Waals surface area contributed by atoms with Gasteiger partial charge in [-0.1, -0.05) is 37.3 Å². The topological polar surface area (TPSA) is 61.6 Å². The van der Waals surface area contributed by atoms with Gasteiger partial charge in [-0.25, -0.2) is 0 Å². The van der Waals surface area contributed by atoms with E-state index >= 15 is 0 Å². The van der Waals surface area contributed by atoms with Gasteiger partial charge in [-0.2, -0.15) is 5.10 Å². The monoisotopic (exact) mass is 342 g/mol. The molecule has 1 aromatic heterocycles. The molecule has 134 valence electrons. The van der Waals surface area contributed by atoms with Gasteiger partial charge in [-0.15, -0.1) is 0 Å². The summed E-state index contributed by atoms with van der Waals surface area (Å²) in [6.07, 6.45) is 3.13. The molecule has 2 heterocycles. The summed E-state index contributed by atoms with van der Waals surface area (Å²) in [5.41, 5.74) is 0.939. The number of amides is 1. The van der Waals surface area contributed by atoms with E-state index in [2.05, 4.69) is 10.00 Å². The smallest absolute Gasteiger partial charge is 0.227 e. The first kappa shape index (κ1) is 17.6. The highest BCUT2D eigenvalue weighted by Crippen LogP contribution is 2.16. The standard InChI is InChI=1S/C19H26N4O2/c1-16(14-23-9-5-8-20-23)19(25)22-12-10-21(11-13-22)15-18(24)17-6-3-2-4-7-17/h2-9,16,18,24H,10-15H2,1H3/t16-,18+/m1/s1. The van der Waals surface area contributed by atoms with Crippen LogP contribution >= 0.6 is 0 Å². The van der Waals surface area contributed by atoms with Crippen LogP contribution in [0.4, 0.5) is 0 Å². The number of aliphatic hydroxyl groups is 1. The molecule has 0 bridgehead atoms. The summed E-state index contributed by atoms with van der Waals surface area (Å²) in [6, 6.07) is 11.6. The highest BCUT2D eigenvalue weighted by atomic mass is 16.3. The van der Waals surface area contributed by atoms with Crippen LogP contribution < -0.4 is 0 Å². The van der Waals surface area contributed by atoms with Crippen molar-refractivity contribution in [1.29, 1.82) is 0 Å². The number of rotatable bonds is 6. The van der Waals surface area contributed by atoms with Gasteiger partial charge in [0, 0.05) is 45.1 Å². The second kappa shape index (κ2) is 8.27. The Morgan fingerprint density at radius 1 is 1.12 bits per heavy atom. The molecule has 3 rings (SSSR count). The lowest BCUT2D eigenvalue weighted by Gasteiger charge is -2.36.